The molecule has 0 bridgehead atoms. The number of benzene rings is 1. The van der Waals surface area contributed by atoms with E-state index in [1.807, 2.05) is 0 Å². The maximum Gasteiger partial charge on any atom is 0.509 e. The Bertz CT molecular complexity index is 341. The number of halogens is 3. The van der Waals surface area contributed by atoms with Gasteiger partial charge in [0, 0.05) is 6.61 Å². The smallest absolute Gasteiger partial charge is 0.445 e. The van der Waals surface area contributed by atoms with Crippen molar-refractivity contribution in [3.8, 4) is 0 Å². The normalized spacial score (nSPS) is 22.1. The Morgan fingerprint density at radius 1 is 1.06 bits per heavy atom. The third-order valence-electron chi connectivity index (χ3n) is 2.87. The first-order valence-electron chi connectivity index (χ1n) is 5.49. The van der Waals surface area contributed by atoms with Crippen molar-refractivity contribution >= 4 is 12.4 Å². The molecule has 0 N–H and O–H groups in total. The van der Waals surface area contributed by atoms with Crippen molar-refractivity contribution in [3.63, 3.8) is 0 Å². The first kappa shape index (κ1) is 11.5. The molecule has 1 aliphatic rings. The highest BCUT2D eigenvalue weighted by atomic mass is 19.4. The Balaban J connectivity index is 2.12. The molecule has 1 heterocycles. The van der Waals surface area contributed by atoms with Gasteiger partial charge >= 0.3 is 6.98 Å². The maximum atomic E-state index is 12.4. The van der Waals surface area contributed by atoms with Crippen molar-refractivity contribution in [2.75, 3.05) is 6.61 Å². The molecule has 1 aromatic rings. The summed E-state index contributed by atoms with van der Waals surface area (Å²) in [5.74, 6) is 0. The minimum Gasteiger partial charge on any atom is -0.445 e. The molecule has 2 rings (SSSR count). The largest absolute Gasteiger partial charge is 0.509 e. The fourth-order valence-electron chi connectivity index (χ4n) is 1.93. The first-order valence-corrected chi connectivity index (χ1v) is 5.49. The second-order valence-electron chi connectivity index (χ2n) is 4.10. The van der Waals surface area contributed by atoms with E-state index in [4.69, 9.17) is 4.74 Å². The average molecular weight is 229 g/mol. The summed E-state index contributed by atoms with van der Waals surface area (Å²) in [4.78, 5) is 0. The Kier molecular flexibility index (Phi) is 3.24. The molecule has 1 nitrogen and oxygen atoms in total. The number of hydrogen-bond donors (Lipinski definition) is 0. The van der Waals surface area contributed by atoms with Gasteiger partial charge in [0.15, 0.2) is 0 Å². The molecule has 0 radical (unpaired) electrons. The van der Waals surface area contributed by atoms with Gasteiger partial charge in [0.25, 0.3) is 0 Å². The standard InChI is InChI=1S/C11H13BF3O/c13-12(14,15)10-6-4-9(5-7-10)11-3-1-2-8-16-11/h4-7,11H,1-3,8H2/q-1. The molecule has 1 aromatic carbocycles. The molecule has 0 aliphatic carbocycles. The Morgan fingerprint density at radius 3 is 2.25 bits per heavy atom. The molecule has 0 spiro atoms. The van der Waals surface area contributed by atoms with E-state index in [1.54, 1.807) is 0 Å². The topological polar surface area (TPSA) is 9.23 Å². The Hall–Kier alpha value is -0.965. The van der Waals surface area contributed by atoms with Crippen LogP contribution in [0.2, 0.25) is 0 Å². The van der Waals surface area contributed by atoms with Gasteiger partial charge in [0.2, 0.25) is 0 Å². The fraction of sp³-hybridized carbons (Fsp3) is 0.455. The van der Waals surface area contributed by atoms with E-state index in [2.05, 4.69) is 0 Å². The van der Waals surface area contributed by atoms with Crippen molar-refractivity contribution in [1.82, 2.24) is 0 Å². The molecular formula is C11H13BF3O-. The van der Waals surface area contributed by atoms with Crippen LogP contribution in [-0.4, -0.2) is 13.6 Å². The molecule has 1 unspecified atom stereocenters. The second-order valence-corrected chi connectivity index (χ2v) is 4.10. The number of ether oxygens (including phenoxy) is 1. The quantitative estimate of drug-likeness (QED) is 0.708. The highest BCUT2D eigenvalue weighted by molar-refractivity contribution is 6.73. The van der Waals surface area contributed by atoms with E-state index in [-0.39, 0.29) is 6.10 Å². The number of hydrogen-bond acceptors (Lipinski definition) is 1. The predicted octanol–water partition coefficient (Wildman–Crippen LogP) is 2.98. The Labute approximate surface area is 92.7 Å². The summed E-state index contributed by atoms with van der Waals surface area (Å²) in [6, 6.07) is 5.35. The molecule has 1 fully saturated rings. The zero-order chi connectivity index (χ0) is 11.6. The van der Waals surface area contributed by atoms with Crippen molar-refractivity contribution in [2.45, 2.75) is 25.4 Å². The van der Waals surface area contributed by atoms with E-state index in [1.165, 1.54) is 12.1 Å². The van der Waals surface area contributed by atoms with Gasteiger partial charge in [0.1, 0.15) is 0 Å². The van der Waals surface area contributed by atoms with Gasteiger partial charge < -0.3 is 17.7 Å². The van der Waals surface area contributed by atoms with Gasteiger partial charge in [-0.15, -0.1) is 5.46 Å². The van der Waals surface area contributed by atoms with Crippen LogP contribution in [0.1, 0.15) is 30.9 Å². The van der Waals surface area contributed by atoms with Crippen LogP contribution in [0.4, 0.5) is 12.9 Å². The van der Waals surface area contributed by atoms with Crippen molar-refractivity contribution < 1.29 is 17.7 Å². The number of rotatable bonds is 2. The predicted molar refractivity (Wildman–Crippen MR) is 57.7 cm³/mol. The van der Waals surface area contributed by atoms with Gasteiger partial charge in [-0.3, -0.25) is 0 Å². The summed E-state index contributed by atoms with van der Waals surface area (Å²) in [6.07, 6.45) is 3.00. The second kappa shape index (κ2) is 4.49. The van der Waals surface area contributed by atoms with E-state index >= 15 is 0 Å². The minimum atomic E-state index is -4.88. The third kappa shape index (κ3) is 2.58. The molecule has 0 amide bonds. The highest BCUT2D eigenvalue weighted by Gasteiger charge is 2.25. The fourth-order valence-corrected chi connectivity index (χ4v) is 1.93. The molecule has 0 saturated carbocycles. The molecular weight excluding hydrogens is 216 g/mol. The lowest BCUT2D eigenvalue weighted by Gasteiger charge is -2.23. The van der Waals surface area contributed by atoms with Crippen molar-refractivity contribution in [3.05, 3.63) is 29.8 Å². The van der Waals surface area contributed by atoms with Gasteiger partial charge in [-0.25, -0.2) is 0 Å². The monoisotopic (exact) mass is 229 g/mol. The van der Waals surface area contributed by atoms with Crippen LogP contribution in [0.3, 0.4) is 0 Å². The molecule has 1 atom stereocenters. The minimum absolute atomic E-state index is 0.0245. The van der Waals surface area contributed by atoms with Crippen molar-refractivity contribution in [1.29, 1.82) is 0 Å². The highest BCUT2D eigenvalue weighted by Crippen LogP contribution is 2.27. The summed E-state index contributed by atoms with van der Waals surface area (Å²) in [7, 11) is 0. The van der Waals surface area contributed by atoms with Crippen LogP contribution in [-0.2, 0) is 4.74 Å². The summed E-state index contributed by atoms with van der Waals surface area (Å²) in [6.45, 7) is -4.18. The van der Waals surface area contributed by atoms with Crippen LogP contribution in [0.25, 0.3) is 0 Å². The van der Waals surface area contributed by atoms with Gasteiger partial charge in [-0.05, 0) is 24.8 Å². The van der Waals surface area contributed by atoms with Crippen molar-refractivity contribution in [2.24, 2.45) is 0 Å². The van der Waals surface area contributed by atoms with Gasteiger partial charge in [-0.1, -0.05) is 24.3 Å². The lowest BCUT2D eigenvalue weighted by Crippen LogP contribution is -2.33. The summed E-state index contributed by atoms with van der Waals surface area (Å²) < 4.78 is 42.7. The van der Waals surface area contributed by atoms with Crippen LogP contribution in [0.15, 0.2) is 24.3 Å². The van der Waals surface area contributed by atoms with Crippen LogP contribution in [0, 0.1) is 0 Å². The molecule has 0 aromatic heterocycles. The molecule has 1 saturated heterocycles. The summed E-state index contributed by atoms with van der Waals surface area (Å²) >= 11 is 0. The molecule has 88 valence electrons. The van der Waals surface area contributed by atoms with E-state index in [0.717, 1.165) is 37.0 Å². The summed E-state index contributed by atoms with van der Waals surface area (Å²) in [5, 5.41) is 0. The molecule has 1 aliphatic heterocycles. The van der Waals surface area contributed by atoms with Crippen LogP contribution < -0.4 is 5.46 Å². The van der Waals surface area contributed by atoms with E-state index in [0.29, 0.717) is 6.61 Å². The summed E-state index contributed by atoms with van der Waals surface area (Å²) in [5.41, 5.74) is 0.308. The SMILES string of the molecule is F[B-](F)(F)c1ccc(C2CCCCO2)cc1. The molecule has 5 heteroatoms. The zero-order valence-electron chi connectivity index (χ0n) is 8.83. The van der Waals surface area contributed by atoms with Crippen LogP contribution >= 0.6 is 0 Å². The third-order valence-corrected chi connectivity index (χ3v) is 2.87. The van der Waals surface area contributed by atoms with Gasteiger partial charge in [0.05, 0.1) is 6.10 Å². The van der Waals surface area contributed by atoms with Gasteiger partial charge in [-0.2, -0.15) is 0 Å². The van der Waals surface area contributed by atoms with Crippen LogP contribution in [0.5, 0.6) is 0 Å². The molecule has 16 heavy (non-hydrogen) atoms. The lowest BCUT2D eigenvalue weighted by atomic mass is 9.79. The zero-order valence-corrected chi connectivity index (χ0v) is 8.83. The van der Waals surface area contributed by atoms with E-state index in [9.17, 15) is 12.9 Å². The lowest BCUT2D eigenvalue weighted by molar-refractivity contribution is 0.0149. The maximum absolute atomic E-state index is 12.4. The first-order chi connectivity index (χ1) is 7.57. The average Bonchev–Trinajstić information content (AvgIpc) is 2.29. The Morgan fingerprint density at radius 2 is 1.75 bits per heavy atom. The van der Waals surface area contributed by atoms with E-state index < -0.39 is 12.4 Å².